The molecule has 1 saturated heterocycles. The van der Waals surface area contributed by atoms with Crippen molar-refractivity contribution in [3.63, 3.8) is 0 Å². The van der Waals surface area contributed by atoms with Crippen molar-refractivity contribution in [1.82, 2.24) is 10.3 Å². The summed E-state index contributed by atoms with van der Waals surface area (Å²) in [7, 11) is 0. The number of amides is 3. The van der Waals surface area contributed by atoms with E-state index >= 15 is 0 Å². The van der Waals surface area contributed by atoms with Crippen molar-refractivity contribution >= 4 is 84.6 Å². The molecule has 10 nitrogen and oxygen atoms in total. The highest BCUT2D eigenvalue weighted by Gasteiger charge is 2.50. The van der Waals surface area contributed by atoms with Crippen LogP contribution in [0.3, 0.4) is 0 Å². The second-order valence-electron chi connectivity index (χ2n) is 8.41. The molecule has 1 atom stereocenters. The molecule has 4 N–H and O–H groups in total. The quantitative estimate of drug-likeness (QED) is 0.274. The summed E-state index contributed by atoms with van der Waals surface area (Å²) in [6.45, 7) is 10.1. The van der Waals surface area contributed by atoms with Crippen LogP contribution in [0, 0.1) is 6.57 Å². The minimum Gasteiger partial charge on any atom is -0.394 e. The lowest BCUT2D eigenvalue weighted by molar-refractivity contribution is -0.120. The highest BCUT2D eigenvalue weighted by atomic mass is 35.5. The van der Waals surface area contributed by atoms with Crippen LogP contribution in [0.25, 0.3) is 15.1 Å². The summed E-state index contributed by atoms with van der Waals surface area (Å²) < 4.78 is 0.803. The lowest BCUT2D eigenvalue weighted by atomic mass is 10.0. The van der Waals surface area contributed by atoms with Gasteiger partial charge in [-0.1, -0.05) is 29.0 Å². The zero-order valence-corrected chi connectivity index (χ0v) is 21.5. The Bertz CT molecular complexity index is 1420. The summed E-state index contributed by atoms with van der Waals surface area (Å²) in [4.78, 5) is 36.4. The number of rotatable bonds is 6. The van der Waals surface area contributed by atoms with Gasteiger partial charge in [-0.05, 0) is 56.4 Å². The van der Waals surface area contributed by atoms with Gasteiger partial charge in [-0.25, -0.2) is 14.6 Å². The van der Waals surface area contributed by atoms with Gasteiger partial charge in [0.25, 0.3) is 5.91 Å². The molecule has 1 aliphatic heterocycles. The molecule has 1 unspecified atom stereocenters. The van der Waals surface area contributed by atoms with Crippen molar-refractivity contribution in [2.45, 2.75) is 25.5 Å². The first kappa shape index (κ1) is 25.7. The topological polar surface area (TPSA) is 122 Å². The maximum absolute atomic E-state index is 13.4. The van der Waals surface area contributed by atoms with Gasteiger partial charge in [0.15, 0.2) is 10.2 Å². The number of nitrogens with zero attached hydrogens (tertiary/aromatic N) is 4. The third-order valence-electron chi connectivity index (χ3n) is 5.54. The number of aliphatic hydroxyl groups excluding tert-OH is 2. The molecular weight excluding hydrogens is 524 g/mol. The van der Waals surface area contributed by atoms with Crippen LogP contribution >= 0.6 is 35.2 Å². The molecule has 1 fully saturated rings. The van der Waals surface area contributed by atoms with Gasteiger partial charge in [0.1, 0.15) is 5.54 Å². The standard InChI is InChI=1S/C23H21ClN6O4S2/c1-23(2)19(33)29(12-4-6-16(25-3)15(24)8-12)22(35)30(23)13-5-7-18-17(9-13)27-21(36-18)28-20(34)26-10-14(32)11-31/h4-9,14,31-32H,10-11H2,1-2H3,(H2,26,27,28,34). The number of carbonyl (C=O) groups is 2. The molecule has 4 rings (SSSR count). The minimum absolute atomic E-state index is 0.102. The minimum atomic E-state index is -1.05. The summed E-state index contributed by atoms with van der Waals surface area (Å²) in [6.07, 6.45) is -1.05. The molecule has 1 aliphatic rings. The maximum Gasteiger partial charge on any atom is 0.321 e. The molecule has 13 heteroatoms. The van der Waals surface area contributed by atoms with E-state index in [1.807, 2.05) is 12.1 Å². The molecule has 2 heterocycles. The van der Waals surface area contributed by atoms with Crippen molar-refractivity contribution in [2.24, 2.45) is 0 Å². The molecule has 0 bridgehead atoms. The van der Waals surface area contributed by atoms with Gasteiger partial charge >= 0.3 is 6.03 Å². The van der Waals surface area contributed by atoms with Crippen LogP contribution in [-0.4, -0.2) is 57.0 Å². The molecular formula is C23H21ClN6O4S2. The van der Waals surface area contributed by atoms with Gasteiger partial charge in [0.2, 0.25) is 5.69 Å². The molecule has 0 saturated carbocycles. The zero-order valence-electron chi connectivity index (χ0n) is 19.1. The largest absolute Gasteiger partial charge is 0.394 e. The van der Waals surface area contributed by atoms with Gasteiger partial charge in [0.05, 0.1) is 35.2 Å². The summed E-state index contributed by atoms with van der Waals surface area (Å²) in [6, 6.07) is 9.60. The van der Waals surface area contributed by atoms with E-state index in [1.165, 1.54) is 16.2 Å². The average molecular weight is 545 g/mol. The summed E-state index contributed by atoms with van der Waals surface area (Å²) in [5.41, 5.74) is 0.976. The molecule has 186 valence electrons. The summed E-state index contributed by atoms with van der Waals surface area (Å²) in [5, 5.41) is 24.1. The molecule has 0 aliphatic carbocycles. The van der Waals surface area contributed by atoms with E-state index in [0.29, 0.717) is 22.0 Å². The number of nitrogens with one attached hydrogen (secondary N) is 2. The van der Waals surface area contributed by atoms with E-state index in [0.717, 1.165) is 4.70 Å². The number of thiocarbonyl (C=S) groups is 1. The van der Waals surface area contributed by atoms with Gasteiger partial charge in [-0.2, -0.15) is 0 Å². The molecule has 0 radical (unpaired) electrons. The van der Waals surface area contributed by atoms with Crippen LogP contribution in [0.4, 0.5) is 27.0 Å². The van der Waals surface area contributed by atoms with Gasteiger partial charge < -0.3 is 20.4 Å². The molecule has 0 spiro atoms. The number of hydrogen-bond donors (Lipinski definition) is 4. The third kappa shape index (κ3) is 4.71. The second-order valence-corrected chi connectivity index (χ2v) is 10.2. The van der Waals surface area contributed by atoms with E-state index < -0.39 is 24.3 Å². The van der Waals surface area contributed by atoms with Crippen molar-refractivity contribution in [3.05, 3.63) is 52.8 Å². The third-order valence-corrected chi connectivity index (χ3v) is 7.16. The SMILES string of the molecule is [C-]#[N+]c1ccc(N2C(=O)C(C)(C)N(c3ccc4sc(NC(=O)NCC(O)CO)nc4c3)C2=S)cc1Cl. The predicted molar refractivity (Wildman–Crippen MR) is 144 cm³/mol. The first-order valence-electron chi connectivity index (χ1n) is 10.7. The van der Waals surface area contributed by atoms with Gasteiger partial charge in [-0.15, -0.1) is 0 Å². The van der Waals surface area contributed by atoms with Crippen LogP contribution in [0.2, 0.25) is 5.02 Å². The number of fused-ring (bicyclic) bond motifs is 1. The fraction of sp³-hybridized carbons (Fsp3) is 0.261. The lowest BCUT2D eigenvalue weighted by Gasteiger charge is -2.29. The van der Waals surface area contributed by atoms with Crippen LogP contribution < -0.4 is 20.4 Å². The van der Waals surface area contributed by atoms with Crippen molar-refractivity contribution < 1.29 is 19.8 Å². The summed E-state index contributed by atoms with van der Waals surface area (Å²) >= 11 is 13.2. The Morgan fingerprint density at radius 1 is 1.31 bits per heavy atom. The number of urea groups is 1. The molecule has 3 aromatic rings. The van der Waals surface area contributed by atoms with E-state index in [9.17, 15) is 14.7 Å². The molecule has 36 heavy (non-hydrogen) atoms. The highest BCUT2D eigenvalue weighted by Crippen LogP contribution is 2.40. The second kappa shape index (κ2) is 9.96. The predicted octanol–water partition coefficient (Wildman–Crippen LogP) is 3.89. The number of benzene rings is 2. The fourth-order valence-corrected chi connectivity index (χ4v) is 5.29. The van der Waals surface area contributed by atoms with Crippen molar-refractivity contribution in [1.29, 1.82) is 0 Å². The number of anilines is 3. The normalized spacial score (nSPS) is 15.8. The lowest BCUT2D eigenvalue weighted by Crippen LogP contribution is -2.44. The number of thiazole rings is 1. The Morgan fingerprint density at radius 3 is 2.69 bits per heavy atom. The smallest absolute Gasteiger partial charge is 0.321 e. The Hall–Kier alpha value is -3.34. The molecule has 2 aromatic carbocycles. The zero-order chi connectivity index (χ0) is 26.2. The fourth-order valence-electron chi connectivity index (χ4n) is 3.71. The Morgan fingerprint density at radius 2 is 2.03 bits per heavy atom. The van der Waals surface area contributed by atoms with Crippen molar-refractivity contribution in [3.8, 4) is 0 Å². The first-order valence-corrected chi connectivity index (χ1v) is 12.3. The number of aliphatic hydroxyl groups is 2. The number of halogens is 1. The van der Waals surface area contributed by atoms with E-state index in [-0.39, 0.29) is 28.3 Å². The first-order chi connectivity index (χ1) is 17.1. The van der Waals surface area contributed by atoms with Gasteiger partial charge in [0, 0.05) is 17.3 Å². The summed E-state index contributed by atoms with van der Waals surface area (Å²) in [5.74, 6) is -0.249. The number of aromatic nitrogens is 1. The number of carbonyl (C=O) groups excluding carboxylic acids is 2. The molecule has 1 aromatic heterocycles. The Balaban J connectivity index is 1.61. The highest BCUT2D eigenvalue weighted by molar-refractivity contribution is 7.81. The van der Waals surface area contributed by atoms with Gasteiger partial charge in [-0.3, -0.25) is 15.0 Å². The van der Waals surface area contributed by atoms with Crippen LogP contribution in [0.5, 0.6) is 0 Å². The van der Waals surface area contributed by atoms with Crippen molar-refractivity contribution in [2.75, 3.05) is 28.3 Å². The average Bonchev–Trinajstić information content (AvgIpc) is 3.31. The maximum atomic E-state index is 13.4. The van der Waals surface area contributed by atoms with E-state index in [4.69, 9.17) is 35.5 Å². The molecule has 3 amide bonds. The number of hydrogen-bond acceptors (Lipinski definition) is 7. The van der Waals surface area contributed by atoms with Crippen LogP contribution in [0.1, 0.15) is 13.8 Å². The Kier molecular flexibility index (Phi) is 7.12. The van der Waals surface area contributed by atoms with E-state index in [1.54, 1.807) is 43.0 Å². The monoisotopic (exact) mass is 544 g/mol. The van der Waals surface area contributed by atoms with Crippen LogP contribution in [0.15, 0.2) is 36.4 Å². The van der Waals surface area contributed by atoms with E-state index in [2.05, 4.69) is 20.5 Å². The Labute approximate surface area is 220 Å². The van der Waals surface area contributed by atoms with Crippen LogP contribution in [-0.2, 0) is 4.79 Å².